The molecule has 3 N–H and O–H groups in total. The van der Waals surface area contributed by atoms with Gasteiger partial charge in [0.1, 0.15) is 0 Å². The molecule has 2 aromatic carbocycles. The zero-order chi connectivity index (χ0) is 30.7. The SMILES string of the molecule is Cc1ccc(S(=O)(=O)N(C(=O)Nc2ccc(Cl)cc2)C2C3=C(C(=O)O)[N+]24C(=O)[C@@H](NC(=O)Cc2cccs2)[C@@H]4SC3)cc1. The van der Waals surface area contributed by atoms with Gasteiger partial charge in [-0.05, 0) is 54.8 Å². The Bertz CT molecular complexity index is 1790. The highest BCUT2D eigenvalue weighted by molar-refractivity contribution is 8.00. The number of thioether (sulfide) groups is 1. The lowest BCUT2D eigenvalue weighted by atomic mass is 9.84. The van der Waals surface area contributed by atoms with Crippen LogP contribution < -0.4 is 10.6 Å². The number of nitrogens with zero attached hydrogens (tertiary/aromatic N) is 2. The number of rotatable bonds is 8. The number of aryl methyl sites for hydroxylation is 1. The highest BCUT2D eigenvalue weighted by Crippen LogP contribution is 2.60. The van der Waals surface area contributed by atoms with E-state index in [0.29, 0.717) is 9.33 Å². The third-order valence-corrected chi connectivity index (χ3v) is 11.9. The second kappa shape index (κ2) is 10.8. The minimum Gasteiger partial charge on any atom is -0.474 e. The second-order valence-corrected chi connectivity index (χ2v) is 14.6. The molecule has 4 aliphatic rings. The number of urea groups is 1. The first kappa shape index (κ1) is 29.4. The average Bonchev–Trinajstić information content (AvgIpc) is 3.47. The van der Waals surface area contributed by atoms with Gasteiger partial charge in [0.05, 0.1) is 16.9 Å². The maximum Gasteiger partial charge on any atom is 0.391 e. The summed E-state index contributed by atoms with van der Waals surface area (Å²) in [5.41, 5.74) is 0.900. The standard InChI is InChI=1S/C28H23ClN4O7S3/c1-15-4-10-19(11-5-15)43(39,40)32(28(38)30-17-8-6-16(29)7-9-17)24-20-14-42-26-22(25(35)33(24,26)23(20)27(36)37)31-21(34)13-18-3-2-12-41-18/h2-12,22,24,26H,13-14H2,1H3,(H2-,30,31,34,36,37,38)/p+1/t22-,24?,26+,33?/m1/s1. The van der Waals surface area contributed by atoms with E-state index in [-0.39, 0.29) is 34.0 Å². The van der Waals surface area contributed by atoms with Crippen molar-refractivity contribution < 1.29 is 37.2 Å². The number of β-lactam (4-membered cyclic amide) rings is 1. The maximum absolute atomic E-state index is 14.2. The Labute approximate surface area is 259 Å². The Kier molecular flexibility index (Phi) is 7.37. The van der Waals surface area contributed by atoms with E-state index in [1.165, 1.54) is 59.5 Å². The van der Waals surface area contributed by atoms with Gasteiger partial charge in [0.15, 0.2) is 5.37 Å². The topological polar surface area (TPSA) is 150 Å². The lowest BCUT2D eigenvalue weighted by molar-refractivity contribution is -0.902. The molecule has 0 aliphatic carbocycles. The van der Waals surface area contributed by atoms with Crippen LogP contribution in [0.25, 0.3) is 0 Å². The number of nitrogens with one attached hydrogen (secondary N) is 2. The average molecular weight is 660 g/mol. The second-order valence-electron chi connectivity index (χ2n) is 10.2. The molecule has 43 heavy (non-hydrogen) atoms. The van der Waals surface area contributed by atoms with Crippen LogP contribution in [0, 0.1) is 6.92 Å². The molecule has 11 nitrogen and oxygen atoms in total. The van der Waals surface area contributed by atoms with Crippen molar-refractivity contribution in [1.82, 2.24) is 9.62 Å². The van der Waals surface area contributed by atoms with Crippen LogP contribution in [0.5, 0.6) is 0 Å². The first-order chi connectivity index (χ1) is 20.5. The van der Waals surface area contributed by atoms with Crippen LogP contribution >= 0.6 is 34.7 Å². The Morgan fingerprint density at radius 1 is 1.09 bits per heavy atom. The van der Waals surface area contributed by atoms with Crippen molar-refractivity contribution in [2.24, 2.45) is 0 Å². The van der Waals surface area contributed by atoms with Crippen LogP contribution in [0.4, 0.5) is 10.5 Å². The number of benzene rings is 2. The number of aliphatic carboxylic acids is 1. The number of carboxylic acids is 1. The smallest absolute Gasteiger partial charge is 0.391 e. The first-order valence-electron chi connectivity index (χ1n) is 13.0. The van der Waals surface area contributed by atoms with Gasteiger partial charge in [-0.25, -0.2) is 22.8 Å². The summed E-state index contributed by atoms with van der Waals surface area (Å²) in [7, 11) is -4.62. The van der Waals surface area contributed by atoms with Gasteiger partial charge in [-0.15, -0.1) is 11.3 Å². The number of hydrogen-bond acceptors (Lipinski definition) is 8. The molecule has 222 valence electrons. The molecule has 2 bridgehead atoms. The van der Waals surface area contributed by atoms with Gasteiger partial charge in [0, 0.05) is 21.3 Å². The number of hydrogen-bond donors (Lipinski definition) is 3. The van der Waals surface area contributed by atoms with E-state index in [1.807, 2.05) is 5.38 Å². The lowest BCUT2D eigenvalue weighted by Crippen LogP contribution is -2.91. The van der Waals surface area contributed by atoms with E-state index in [9.17, 15) is 32.7 Å². The fourth-order valence-electron chi connectivity index (χ4n) is 5.74. The Morgan fingerprint density at radius 2 is 1.79 bits per heavy atom. The molecular weight excluding hydrogens is 636 g/mol. The Morgan fingerprint density at radius 3 is 2.42 bits per heavy atom. The zero-order valence-corrected chi connectivity index (χ0v) is 25.6. The molecule has 7 rings (SSSR count). The van der Waals surface area contributed by atoms with Gasteiger partial charge in [0.2, 0.25) is 23.8 Å². The number of amides is 4. The number of carbonyl (C=O) groups is 4. The summed E-state index contributed by atoms with van der Waals surface area (Å²) in [5, 5.41) is 16.8. The summed E-state index contributed by atoms with van der Waals surface area (Å²) in [6.45, 7) is 1.78. The summed E-state index contributed by atoms with van der Waals surface area (Å²) in [5.74, 6) is -2.46. The molecule has 2 fully saturated rings. The fraction of sp³-hybridized carbons (Fsp3) is 0.214. The molecule has 5 heterocycles. The van der Waals surface area contributed by atoms with Crippen LogP contribution in [0.1, 0.15) is 10.4 Å². The van der Waals surface area contributed by atoms with E-state index >= 15 is 0 Å². The predicted octanol–water partition coefficient (Wildman–Crippen LogP) is 3.77. The van der Waals surface area contributed by atoms with Crippen LogP contribution in [0.2, 0.25) is 5.02 Å². The minimum absolute atomic E-state index is 0.0343. The van der Waals surface area contributed by atoms with E-state index in [0.717, 1.165) is 10.4 Å². The van der Waals surface area contributed by atoms with Gasteiger partial charge >= 0.3 is 17.9 Å². The van der Waals surface area contributed by atoms with Crippen molar-refractivity contribution in [2.75, 3.05) is 11.1 Å². The number of sulfonamides is 1. The van der Waals surface area contributed by atoms with Gasteiger partial charge in [0.25, 0.3) is 10.0 Å². The molecule has 3 aromatic rings. The summed E-state index contributed by atoms with van der Waals surface area (Å²) >= 11 is 8.59. The minimum atomic E-state index is -4.62. The number of fused-ring (bicyclic) bond motifs is 1. The first-order valence-corrected chi connectivity index (χ1v) is 16.7. The highest BCUT2D eigenvalue weighted by Gasteiger charge is 2.82. The molecule has 4 amide bonds. The van der Waals surface area contributed by atoms with Gasteiger partial charge in [-0.2, -0.15) is 8.79 Å². The van der Waals surface area contributed by atoms with Crippen LogP contribution in [0.15, 0.2) is 82.2 Å². The van der Waals surface area contributed by atoms with Gasteiger partial charge in [-0.1, -0.05) is 47.1 Å². The van der Waals surface area contributed by atoms with Crippen LogP contribution in [-0.2, 0) is 30.8 Å². The fourth-order valence-corrected chi connectivity index (χ4v) is 9.65. The molecule has 2 unspecified atom stereocenters. The Balaban J connectivity index is 1.40. The molecule has 1 aromatic heterocycles. The van der Waals surface area contributed by atoms with Crippen molar-refractivity contribution in [3.8, 4) is 0 Å². The molecule has 15 heteroatoms. The summed E-state index contributed by atoms with van der Waals surface area (Å²) in [6.07, 6.45) is -1.42. The van der Waals surface area contributed by atoms with Crippen molar-refractivity contribution in [3.05, 3.63) is 92.8 Å². The van der Waals surface area contributed by atoms with E-state index in [1.54, 1.807) is 31.2 Å². The molecule has 1 spiro atoms. The van der Waals surface area contributed by atoms with Crippen molar-refractivity contribution in [3.63, 3.8) is 0 Å². The predicted molar refractivity (Wildman–Crippen MR) is 161 cm³/mol. The number of carboxylic acid groups (broad SMARTS) is 1. The zero-order valence-electron chi connectivity index (χ0n) is 22.4. The summed E-state index contributed by atoms with van der Waals surface area (Å²) in [4.78, 5) is 53.7. The van der Waals surface area contributed by atoms with Crippen molar-refractivity contribution in [1.29, 1.82) is 0 Å². The lowest BCUT2D eigenvalue weighted by Gasteiger charge is -2.65. The van der Waals surface area contributed by atoms with Crippen molar-refractivity contribution in [2.45, 2.75) is 35.8 Å². The number of thiophene rings is 1. The maximum atomic E-state index is 14.2. The van der Waals surface area contributed by atoms with E-state index in [4.69, 9.17) is 11.6 Å². The van der Waals surface area contributed by atoms with E-state index in [2.05, 4.69) is 10.6 Å². The number of carbonyl (C=O) groups excluding carboxylic acids is 3. The largest absolute Gasteiger partial charge is 0.474 e. The molecule has 0 saturated carbocycles. The number of quaternary nitrogens is 1. The van der Waals surface area contributed by atoms with E-state index < -0.39 is 55.9 Å². The Hall–Kier alpha value is -3.69. The van der Waals surface area contributed by atoms with Crippen LogP contribution in [-0.4, -0.2) is 69.5 Å². The molecule has 2 saturated heterocycles. The van der Waals surface area contributed by atoms with Gasteiger partial charge < -0.3 is 15.7 Å². The summed E-state index contributed by atoms with van der Waals surface area (Å²) in [6, 6.07) is 13.3. The number of halogens is 1. The van der Waals surface area contributed by atoms with Crippen molar-refractivity contribution >= 4 is 74.2 Å². The third-order valence-electron chi connectivity index (χ3n) is 7.63. The monoisotopic (exact) mass is 659 g/mol. The van der Waals surface area contributed by atoms with Gasteiger partial charge in [-0.3, -0.25) is 4.79 Å². The normalized spacial score (nSPS) is 23.9. The summed E-state index contributed by atoms with van der Waals surface area (Å²) < 4.78 is 28.0. The third kappa shape index (κ3) is 4.64. The van der Waals surface area contributed by atoms with Crippen LogP contribution in [0.3, 0.4) is 0 Å². The highest BCUT2D eigenvalue weighted by atomic mass is 35.5. The molecule has 4 aliphatic heterocycles. The molecule has 4 atom stereocenters. The molecular formula is C28H24ClN4O7S3+. The molecule has 0 radical (unpaired) electrons. The number of anilines is 1. The quantitative estimate of drug-likeness (QED) is 0.244.